The lowest BCUT2D eigenvalue weighted by Crippen LogP contribution is -2.33. The average Bonchev–Trinajstić information content (AvgIpc) is 2.67. The highest BCUT2D eigenvalue weighted by Crippen LogP contribution is 2.18. The Kier molecular flexibility index (Phi) is 3.68. The maximum Gasteiger partial charge on any atom is 0.290 e. The molecule has 2 rings (SSSR count). The summed E-state index contributed by atoms with van der Waals surface area (Å²) in [5, 5.41) is 2.90. The van der Waals surface area contributed by atoms with Gasteiger partial charge in [-0.3, -0.25) is 14.5 Å². The van der Waals surface area contributed by atoms with Crippen LogP contribution in [0.5, 0.6) is 0 Å². The third-order valence-electron chi connectivity index (χ3n) is 2.64. The molecule has 0 unspecified atom stereocenters. The number of nitrogens with one attached hydrogen (secondary N) is 1. The molecule has 4 nitrogen and oxygen atoms in total. The first kappa shape index (κ1) is 12.0. The largest absolute Gasteiger partial charge is 0.367 e. The lowest BCUT2D eigenvalue weighted by Gasteiger charge is -2.14. The highest BCUT2D eigenvalue weighted by atomic mass is 32.2. The zero-order valence-corrected chi connectivity index (χ0v) is 10.4. The van der Waals surface area contributed by atoms with Gasteiger partial charge in [0.05, 0.1) is 12.4 Å². The van der Waals surface area contributed by atoms with Gasteiger partial charge in [0, 0.05) is 5.69 Å². The third kappa shape index (κ3) is 2.79. The Morgan fingerprint density at radius 1 is 1.29 bits per heavy atom. The van der Waals surface area contributed by atoms with Crippen molar-refractivity contribution in [2.75, 3.05) is 17.7 Å². The molecule has 0 bridgehead atoms. The summed E-state index contributed by atoms with van der Waals surface area (Å²) < 4.78 is 0. The number of thioether (sulfide) groups is 1. The van der Waals surface area contributed by atoms with Crippen LogP contribution in [0.3, 0.4) is 0 Å². The molecule has 1 N–H and O–H groups in total. The molecule has 0 radical (unpaired) electrons. The van der Waals surface area contributed by atoms with Gasteiger partial charge >= 0.3 is 0 Å². The molecule has 5 heteroatoms. The minimum atomic E-state index is -0.173. The van der Waals surface area contributed by atoms with Crippen molar-refractivity contribution in [1.29, 1.82) is 0 Å². The van der Waals surface area contributed by atoms with Crippen molar-refractivity contribution in [3.8, 4) is 0 Å². The van der Waals surface area contributed by atoms with E-state index in [-0.39, 0.29) is 23.6 Å². The van der Waals surface area contributed by atoms with Crippen molar-refractivity contribution < 1.29 is 9.59 Å². The van der Waals surface area contributed by atoms with Crippen LogP contribution in [-0.2, 0) is 11.2 Å². The molecule has 1 aromatic carbocycles. The van der Waals surface area contributed by atoms with Gasteiger partial charge in [0.2, 0.25) is 5.91 Å². The van der Waals surface area contributed by atoms with E-state index in [2.05, 4.69) is 12.2 Å². The Bertz CT molecular complexity index is 415. The van der Waals surface area contributed by atoms with Crippen molar-refractivity contribution in [3.63, 3.8) is 0 Å². The molecule has 0 spiro atoms. The van der Waals surface area contributed by atoms with E-state index in [1.54, 1.807) is 0 Å². The molecule has 1 aromatic rings. The van der Waals surface area contributed by atoms with Crippen LogP contribution in [0.1, 0.15) is 12.5 Å². The zero-order chi connectivity index (χ0) is 12.3. The molecule has 1 heterocycles. The Labute approximate surface area is 104 Å². The van der Waals surface area contributed by atoms with Crippen molar-refractivity contribution >= 4 is 28.6 Å². The maximum absolute atomic E-state index is 11.4. The van der Waals surface area contributed by atoms with E-state index in [0.717, 1.165) is 23.9 Å². The number of carbonyl (C=O) groups is 2. The summed E-state index contributed by atoms with van der Waals surface area (Å²) in [5.74, 6) is 0.132. The lowest BCUT2D eigenvalue weighted by atomic mass is 10.1. The van der Waals surface area contributed by atoms with Gasteiger partial charge in [-0.05, 0) is 24.1 Å². The number of imide groups is 1. The number of carbonyl (C=O) groups excluding carboxylic acids is 2. The summed E-state index contributed by atoms with van der Waals surface area (Å²) in [6.45, 7) is 2.34. The number of aryl methyl sites for hydroxylation is 1. The first-order valence-corrected chi connectivity index (χ1v) is 6.49. The summed E-state index contributed by atoms with van der Waals surface area (Å²) >= 11 is 1.05. The van der Waals surface area contributed by atoms with Gasteiger partial charge in [-0.15, -0.1) is 0 Å². The fraction of sp³-hybridized carbons (Fsp3) is 0.333. The summed E-state index contributed by atoms with van der Waals surface area (Å²) in [4.78, 5) is 23.9. The molecule has 1 aliphatic heterocycles. The molecular formula is C12H14N2O2S. The van der Waals surface area contributed by atoms with E-state index in [1.807, 2.05) is 24.3 Å². The molecule has 90 valence electrons. The third-order valence-corrected chi connectivity index (χ3v) is 3.50. The van der Waals surface area contributed by atoms with E-state index in [4.69, 9.17) is 0 Å². The van der Waals surface area contributed by atoms with Crippen LogP contribution in [0, 0.1) is 0 Å². The van der Waals surface area contributed by atoms with E-state index in [1.165, 1.54) is 10.5 Å². The van der Waals surface area contributed by atoms with Gasteiger partial charge in [-0.1, -0.05) is 30.8 Å². The van der Waals surface area contributed by atoms with Gasteiger partial charge in [0.1, 0.15) is 0 Å². The minimum absolute atomic E-state index is 0.127. The summed E-state index contributed by atoms with van der Waals surface area (Å²) in [5.41, 5.74) is 2.18. The van der Waals surface area contributed by atoms with Crippen molar-refractivity contribution in [1.82, 2.24) is 4.90 Å². The molecule has 0 atom stereocenters. The van der Waals surface area contributed by atoms with E-state index in [0.29, 0.717) is 0 Å². The molecule has 0 aromatic heterocycles. The fourth-order valence-electron chi connectivity index (χ4n) is 1.56. The SMILES string of the molecule is CCc1ccc(NCN2C(=O)CSC2=O)cc1. The maximum atomic E-state index is 11.4. The van der Waals surface area contributed by atoms with Crippen LogP contribution in [0.2, 0.25) is 0 Å². The molecule has 0 saturated carbocycles. The van der Waals surface area contributed by atoms with E-state index >= 15 is 0 Å². The van der Waals surface area contributed by atoms with E-state index in [9.17, 15) is 9.59 Å². The number of nitrogens with zero attached hydrogens (tertiary/aromatic N) is 1. The average molecular weight is 250 g/mol. The highest BCUT2D eigenvalue weighted by molar-refractivity contribution is 8.14. The van der Waals surface area contributed by atoms with Gasteiger partial charge in [0.25, 0.3) is 5.24 Å². The number of amides is 2. The molecule has 1 fully saturated rings. The fourth-order valence-corrected chi connectivity index (χ4v) is 2.29. The normalized spacial score (nSPS) is 15.5. The molecule has 0 aliphatic carbocycles. The van der Waals surface area contributed by atoms with Crippen LogP contribution in [0.15, 0.2) is 24.3 Å². The number of benzene rings is 1. The van der Waals surface area contributed by atoms with Gasteiger partial charge in [-0.25, -0.2) is 0 Å². The molecule has 1 aliphatic rings. The predicted octanol–water partition coefficient (Wildman–Crippen LogP) is 2.31. The smallest absolute Gasteiger partial charge is 0.290 e. The van der Waals surface area contributed by atoms with Crippen molar-refractivity contribution in [2.24, 2.45) is 0 Å². The topological polar surface area (TPSA) is 49.4 Å². The van der Waals surface area contributed by atoms with E-state index < -0.39 is 0 Å². The molecular weight excluding hydrogens is 236 g/mol. The summed E-state index contributed by atoms with van der Waals surface area (Å²) in [7, 11) is 0. The Balaban J connectivity index is 1.93. The first-order chi connectivity index (χ1) is 8.20. The van der Waals surface area contributed by atoms with Gasteiger partial charge < -0.3 is 5.32 Å². The van der Waals surface area contributed by atoms with Crippen molar-refractivity contribution in [3.05, 3.63) is 29.8 Å². The second-order valence-electron chi connectivity index (χ2n) is 3.76. The zero-order valence-electron chi connectivity index (χ0n) is 9.60. The van der Waals surface area contributed by atoms with Crippen LogP contribution in [-0.4, -0.2) is 28.5 Å². The molecule has 17 heavy (non-hydrogen) atoms. The van der Waals surface area contributed by atoms with Gasteiger partial charge in [-0.2, -0.15) is 0 Å². The first-order valence-electron chi connectivity index (χ1n) is 5.50. The number of anilines is 1. The minimum Gasteiger partial charge on any atom is -0.367 e. The standard InChI is InChI=1S/C12H14N2O2S/c1-2-9-3-5-10(6-4-9)13-8-14-11(15)7-17-12(14)16/h3-6,13H,2,7-8H2,1H3. The Hall–Kier alpha value is -1.49. The van der Waals surface area contributed by atoms with Crippen LogP contribution in [0.25, 0.3) is 0 Å². The molecule has 1 saturated heterocycles. The quantitative estimate of drug-likeness (QED) is 0.891. The monoisotopic (exact) mass is 250 g/mol. The number of hydrogen-bond acceptors (Lipinski definition) is 4. The Morgan fingerprint density at radius 3 is 2.53 bits per heavy atom. The summed E-state index contributed by atoms with van der Waals surface area (Å²) in [6.07, 6.45) is 1.00. The second kappa shape index (κ2) is 5.23. The van der Waals surface area contributed by atoms with Crippen LogP contribution < -0.4 is 5.32 Å². The lowest BCUT2D eigenvalue weighted by molar-refractivity contribution is -0.124. The number of rotatable bonds is 4. The van der Waals surface area contributed by atoms with Crippen LogP contribution >= 0.6 is 11.8 Å². The van der Waals surface area contributed by atoms with Crippen LogP contribution in [0.4, 0.5) is 10.5 Å². The second-order valence-corrected chi connectivity index (χ2v) is 4.69. The van der Waals surface area contributed by atoms with Crippen molar-refractivity contribution in [2.45, 2.75) is 13.3 Å². The Morgan fingerprint density at radius 2 is 2.00 bits per heavy atom. The molecule has 2 amide bonds. The number of hydrogen-bond donors (Lipinski definition) is 1. The summed E-state index contributed by atoms with van der Waals surface area (Å²) in [6, 6.07) is 7.98. The predicted molar refractivity (Wildman–Crippen MR) is 69.0 cm³/mol. The van der Waals surface area contributed by atoms with Gasteiger partial charge in [0.15, 0.2) is 0 Å². The highest BCUT2D eigenvalue weighted by Gasteiger charge is 2.29.